The van der Waals surface area contributed by atoms with Crippen molar-refractivity contribution in [2.75, 3.05) is 18.0 Å². The first-order chi connectivity index (χ1) is 7.33. The van der Waals surface area contributed by atoms with E-state index in [4.69, 9.17) is 15.8 Å². The summed E-state index contributed by atoms with van der Waals surface area (Å²) in [5.74, 6) is 0. The van der Waals surface area contributed by atoms with Gasteiger partial charge < -0.3 is 4.90 Å². The molecule has 1 rings (SSSR count). The molecule has 0 bridgehead atoms. The normalized spacial score (nSPS) is 8.33. The first-order valence-electron chi connectivity index (χ1n) is 4.31. The van der Waals surface area contributed by atoms with E-state index in [-0.39, 0.29) is 13.1 Å². The van der Waals surface area contributed by atoms with Crippen molar-refractivity contribution in [3.63, 3.8) is 0 Å². The lowest BCUT2D eigenvalue weighted by molar-refractivity contribution is 0.963. The summed E-state index contributed by atoms with van der Waals surface area (Å²) in [6, 6.07) is 12.9. The van der Waals surface area contributed by atoms with Crippen molar-refractivity contribution in [2.45, 2.75) is 0 Å². The van der Waals surface area contributed by atoms with Crippen LogP contribution in [0.15, 0.2) is 24.3 Å². The van der Waals surface area contributed by atoms with E-state index in [1.165, 1.54) is 0 Å². The zero-order chi connectivity index (χ0) is 11.1. The average Bonchev–Trinajstić information content (AvgIpc) is 2.29. The van der Waals surface area contributed by atoms with E-state index in [0.29, 0.717) is 11.3 Å². The highest BCUT2D eigenvalue weighted by Crippen LogP contribution is 2.18. The summed E-state index contributed by atoms with van der Waals surface area (Å²) < 4.78 is 0. The van der Waals surface area contributed by atoms with E-state index in [0.717, 1.165) is 0 Å². The smallest absolute Gasteiger partial charge is 0.107 e. The zero-order valence-corrected chi connectivity index (χ0v) is 8.01. The Hall–Kier alpha value is -2.51. The maximum absolute atomic E-state index is 8.86. The lowest BCUT2D eigenvalue weighted by Crippen LogP contribution is -2.24. The summed E-state index contributed by atoms with van der Waals surface area (Å²) >= 11 is 0. The van der Waals surface area contributed by atoms with Crippen molar-refractivity contribution in [3.05, 3.63) is 29.8 Å². The topological polar surface area (TPSA) is 74.6 Å². The van der Waals surface area contributed by atoms with Crippen LogP contribution < -0.4 is 4.90 Å². The number of nitrogens with zero attached hydrogens (tertiary/aromatic N) is 4. The van der Waals surface area contributed by atoms with Crippen molar-refractivity contribution in [3.8, 4) is 18.2 Å². The summed E-state index contributed by atoms with van der Waals surface area (Å²) in [6.07, 6.45) is 0. The second kappa shape index (κ2) is 5.27. The Balaban J connectivity index is 3.07. The maximum atomic E-state index is 8.86. The van der Waals surface area contributed by atoms with E-state index in [2.05, 4.69) is 0 Å². The third-order valence-corrected chi connectivity index (χ3v) is 1.89. The highest BCUT2D eigenvalue weighted by atomic mass is 15.1. The highest BCUT2D eigenvalue weighted by molar-refractivity contribution is 5.60. The minimum Gasteiger partial charge on any atom is -0.344 e. The number of hydrogen-bond acceptors (Lipinski definition) is 4. The molecule has 72 valence electrons. The summed E-state index contributed by atoms with van der Waals surface area (Å²) in [5.41, 5.74) is 1.10. The summed E-state index contributed by atoms with van der Waals surface area (Å²) in [5, 5.41) is 26.1. The predicted octanol–water partition coefficient (Wildman–Crippen LogP) is 1.41. The molecule has 0 amide bonds. The Kier molecular flexibility index (Phi) is 3.71. The maximum Gasteiger partial charge on any atom is 0.107 e. The molecule has 0 saturated heterocycles. The monoisotopic (exact) mass is 196 g/mol. The van der Waals surface area contributed by atoms with Crippen molar-refractivity contribution in [1.82, 2.24) is 0 Å². The van der Waals surface area contributed by atoms with Crippen LogP contribution in [0, 0.1) is 34.0 Å². The Morgan fingerprint density at radius 2 is 1.60 bits per heavy atom. The minimum atomic E-state index is 0.103. The number of benzene rings is 1. The largest absolute Gasteiger partial charge is 0.344 e. The summed E-state index contributed by atoms with van der Waals surface area (Å²) in [6.45, 7) is 0.207. The minimum absolute atomic E-state index is 0.103. The van der Waals surface area contributed by atoms with Gasteiger partial charge in [-0.3, -0.25) is 0 Å². The van der Waals surface area contributed by atoms with Gasteiger partial charge in [-0.1, -0.05) is 12.1 Å². The molecule has 0 fully saturated rings. The van der Waals surface area contributed by atoms with Gasteiger partial charge in [-0.25, -0.2) is 0 Å². The van der Waals surface area contributed by atoms with Crippen LogP contribution in [-0.4, -0.2) is 13.1 Å². The lowest BCUT2D eigenvalue weighted by atomic mass is 10.2. The molecule has 0 aromatic heterocycles. The SMILES string of the molecule is N#CCN(CC#N)c1ccccc1C#N. The fourth-order valence-corrected chi connectivity index (χ4v) is 1.24. The van der Waals surface area contributed by atoms with Gasteiger partial charge in [0.2, 0.25) is 0 Å². The van der Waals surface area contributed by atoms with E-state index in [9.17, 15) is 0 Å². The van der Waals surface area contributed by atoms with Crippen molar-refractivity contribution in [1.29, 1.82) is 15.8 Å². The lowest BCUT2D eigenvalue weighted by Gasteiger charge is -2.18. The molecular weight excluding hydrogens is 188 g/mol. The van der Waals surface area contributed by atoms with Gasteiger partial charge in [0.25, 0.3) is 0 Å². The number of nitriles is 3. The van der Waals surface area contributed by atoms with Crippen LogP contribution in [0.25, 0.3) is 0 Å². The van der Waals surface area contributed by atoms with Crippen molar-refractivity contribution in [2.24, 2.45) is 0 Å². The summed E-state index contributed by atoms with van der Waals surface area (Å²) in [4.78, 5) is 1.57. The van der Waals surface area contributed by atoms with Gasteiger partial charge in [0.15, 0.2) is 0 Å². The van der Waals surface area contributed by atoms with Gasteiger partial charge in [0, 0.05) is 0 Å². The second-order valence-electron chi connectivity index (χ2n) is 2.80. The third-order valence-electron chi connectivity index (χ3n) is 1.89. The quantitative estimate of drug-likeness (QED) is 0.685. The van der Waals surface area contributed by atoms with Gasteiger partial charge in [-0.05, 0) is 12.1 Å². The summed E-state index contributed by atoms with van der Waals surface area (Å²) in [7, 11) is 0. The number of rotatable bonds is 3. The zero-order valence-electron chi connectivity index (χ0n) is 8.01. The van der Waals surface area contributed by atoms with E-state index >= 15 is 0 Å². The first kappa shape index (κ1) is 10.6. The molecule has 4 heteroatoms. The molecule has 0 radical (unpaired) electrons. The average molecular weight is 196 g/mol. The van der Waals surface area contributed by atoms with E-state index in [1.807, 2.05) is 18.2 Å². The molecule has 0 aliphatic rings. The van der Waals surface area contributed by atoms with Crippen molar-refractivity contribution >= 4 is 5.69 Å². The molecule has 0 atom stereocenters. The van der Waals surface area contributed by atoms with Crippen LogP contribution in [0.1, 0.15) is 5.56 Å². The molecule has 4 nitrogen and oxygen atoms in total. The van der Waals surface area contributed by atoms with Crippen LogP contribution in [0.5, 0.6) is 0 Å². The molecule has 15 heavy (non-hydrogen) atoms. The molecule has 1 aromatic rings. The Morgan fingerprint density at radius 1 is 1.00 bits per heavy atom. The highest BCUT2D eigenvalue weighted by Gasteiger charge is 2.09. The van der Waals surface area contributed by atoms with Gasteiger partial charge in [-0.15, -0.1) is 0 Å². The van der Waals surface area contributed by atoms with Crippen LogP contribution in [0.2, 0.25) is 0 Å². The fourth-order valence-electron chi connectivity index (χ4n) is 1.24. The molecule has 0 N–H and O–H groups in total. The van der Waals surface area contributed by atoms with E-state index in [1.54, 1.807) is 29.2 Å². The molecule has 0 aliphatic carbocycles. The number of anilines is 1. The Labute approximate surface area is 88.2 Å². The number of hydrogen-bond donors (Lipinski definition) is 0. The van der Waals surface area contributed by atoms with Crippen LogP contribution >= 0.6 is 0 Å². The van der Waals surface area contributed by atoms with Crippen molar-refractivity contribution < 1.29 is 0 Å². The van der Waals surface area contributed by atoms with Gasteiger partial charge in [0.05, 0.1) is 23.4 Å². The Morgan fingerprint density at radius 3 is 2.13 bits per heavy atom. The molecule has 0 aliphatic heterocycles. The standard InChI is InChI=1S/C11H8N4/c12-5-7-15(8-6-13)11-4-2-1-3-10(11)9-14/h1-4H,7-8H2. The van der Waals surface area contributed by atoms with Gasteiger partial charge in [0.1, 0.15) is 19.2 Å². The van der Waals surface area contributed by atoms with Gasteiger partial charge in [-0.2, -0.15) is 15.8 Å². The second-order valence-corrected chi connectivity index (χ2v) is 2.80. The van der Waals surface area contributed by atoms with Crippen LogP contribution in [-0.2, 0) is 0 Å². The van der Waals surface area contributed by atoms with Gasteiger partial charge >= 0.3 is 0 Å². The first-order valence-corrected chi connectivity index (χ1v) is 4.31. The molecule has 0 heterocycles. The predicted molar refractivity (Wildman–Crippen MR) is 54.6 cm³/mol. The van der Waals surface area contributed by atoms with Crippen LogP contribution in [0.3, 0.4) is 0 Å². The molecule has 0 spiro atoms. The molecule has 0 unspecified atom stereocenters. The fraction of sp³-hybridized carbons (Fsp3) is 0.182. The Bertz CT molecular complexity index is 443. The molecule has 1 aromatic carbocycles. The van der Waals surface area contributed by atoms with E-state index < -0.39 is 0 Å². The molecular formula is C11H8N4. The third kappa shape index (κ3) is 2.46. The number of para-hydroxylation sites is 1. The van der Waals surface area contributed by atoms with Crippen LogP contribution in [0.4, 0.5) is 5.69 Å². The molecule has 0 saturated carbocycles.